The van der Waals surface area contributed by atoms with Gasteiger partial charge in [-0.3, -0.25) is 86.3 Å². The predicted molar refractivity (Wildman–Crippen MR) is 543 cm³/mol. The number of ether oxygens (including phenoxy) is 2. The molecule has 0 unspecified atom stereocenters. The van der Waals surface area contributed by atoms with Crippen LogP contribution in [0.15, 0.2) is 103 Å². The van der Waals surface area contributed by atoms with Crippen LogP contribution in [0.3, 0.4) is 0 Å². The number of H-pyrrole nitrogens is 1. The van der Waals surface area contributed by atoms with E-state index in [4.69, 9.17) is 26.7 Å². The second-order valence-corrected chi connectivity index (χ2v) is 39.7. The van der Waals surface area contributed by atoms with Gasteiger partial charge in [-0.15, -0.1) is 11.8 Å². The molecule has 148 heavy (non-hydrogen) atoms. The molecule has 0 bridgehead atoms. The molecule has 3 fully saturated rings. The van der Waals surface area contributed by atoms with E-state index in [1.54, 1.807) is 101 Å². The summed E-state index contributed by atoms with van der Waals surface area (Å²) in [5, 5.41) is 65.2. The summed E-state index contributed by atoms with van der Waals surface area (Å²) < 4.78 is 12.4. The number of phenols is 1. The maximum atomic E-state index is 16.1. The van der Waals surface area contributed by atoms with E-state index < -0.39 is 266 Å². The largest absolute Gasteiger partial charge is 0.508 e. The molecular formula is C101H140N22O24S. The van der Waals surface area contributed by atoms with Gasteiger partial charge < -0.3 is 140 Å². The number of nitrogens with one attached hydrogen (secondary N) is 13. The molecule has 22 N–H and O–H groups in total. The average molecular weight is 2080 g/mol. The third kappa shape index (κ3) is 31.9. The molecule has 6 heterocycles. The highest BCUT2D eigenvalue weighted by Gasteiger charge is 2.47. The summed E-state index contributed by atoms with van der Waals surface area (Å²) in [7, 11) is 3.89. The minimum absolute atomic E-state index is 0.00986. The van der Waals surface area contributed by atoms with E-state index in [1.807, 2.05) is 13.8 Å². The van der Waals surface area contributed by atoms with Crippen LogP contribution < -0.4 is 90.5 Å². The zero-order valence-corrected chi connectivity index (χ0v) is 85.8. The Kier molecular flexibility index (Phi) is 42.6. The first kappa shape index (κ1) is 115. The minimum Gasteiger partial charge on any atom is -0.508 e. The lowest BCUT2D eigenvalue weighted by Crippen LogP contribution is -2.62. The smallest absolute Gasteiger partial charge is 0.323 e. The van der Waals surface area contributed by atoms with E-state index in [2.05, 4.69) is 68.8 Å². The van der Waals surface area contributed by atoms with Crippen molar-refractivity contribution in [3.63, 3.8) is 0 Å². The number of para-hydroxylation sites is 2. The molecule has 4 aliphatic rings. The number of aliphatic hydroxyl groups is 1. The number of aliphatic carboxylic acids is 1. The fourth-order valence-corrected chi connectivity index (χ4v) is 19.3. The van der Waals surface area contributed by atoms with E-state index >= 15 is 47.9 Å². The highest BCUT2D eigenvalue weighted by atomic mass is 32.2. The summed E-state index contributed by atoms with van der Waals surface area (Å²) in [6.45, 7) is 8.93. The van der Waals surface area contributed by atoms with Crippen molar-refractivity contribution in [1.82, 2.24) is 97.9 Å². The molecule has 0 spiro atoms. The van der Waals surface area contributed by atoms with Crippen molar-refractivity contribution in [3.8, 4) is 17.2 Å². The van der Waals surface area contributed by atoms with Gasteiger partial charge in [0.2, 0.25) is 107 Å². The van der Waals surface area contributed by atoms with Crippen LogP contribution in [-0.2, 0) is 119 Å². The monoisotopic (exact) mass is 2080 g/mol. The number of hydrogen-bond acceptors (Lipinski definition) is 25. The summed E-state index contributed by atoms with van der Waals surface area (Å²) in [6, 6.07) is 1.30. The number of amides is 19. The number of primary amides is 2. The topological polar surface area (TPSA) is 663 Å². The third-order valence-corrected chi connectivity index (χ3v) is 27.5. The number of nitrogens with zero attached hydrogens (tertiary/aromatic N) is 6. The van der Waals surface area contributed by atoms with E-state index in [1.165, 1.54) is 63.1 Å². The number of carbonyl (C=O) groups excluding carboxylic acids is 18. The van der Waals surface area contributed by atoms with Crippen molar-refractivity contribution in [2.75, 3.05) is 78.7 Å². The normalized spacial score (nSPS) is 23.9. The van der Waals surface area contributed by atoms with Gasteiger partial charge in [0.1, 0.15) is 96.9 Å². The molecule has 4 aromatic carbocycles. The summed E-state index contributed by atoms with van der Waals surface area (Å²) in [6.07, 6.45) is 0.630. The first-order valence-electron chi connectivity index (χ1n) is 49.9. The predicted octanol–water partition coefficient (Wildman–Crippen LogP) is -0.927. The van der Waals surface area contributed by atoms with Crippen molar-refractivity contribution >= 4 is 146 Å². The second-order valence-electron chi connectivity index (χ2n) is 38.6. The molecule has 2 aromatic heterocycles. The highest BCUT2D eigenvalue weighted by Crippen LogP contribution is 2.34. The van der Waals surface area contributed by atoms with Crippen LogP contribution in [0, 0.1) is 11.8 Å². The molecule has 15 atom stereocenters. The van der Waals surface area contributed by atoms with Gasteiger partial charge >= 0.3 is 12.0 Å². The minimum atomic E-state index is -1.84. The number of fused-ring (bicyclic) bond motifs is 5. The van der Waals surface area contributed by atoms with Crippen LogP contribution in [0.25, 0.3) is 21.8 Å². The van der Waals surface area contributed by atoms with Crippen molar-refractivity contribution in [3.05, 3.63) is 126 Å². The molecule has 3 saturated heterocycles. The number of thioether (sulfide) groups is 1. The molecule has 19 amide bonds. The van der Waals surface area contributed by atoms with Gasteiger partial charge in [-0.1, -0.05) is 122 Å². The Hall–Kier alpha value is -14.6. The van der Waals surface area contributed by atoms with Gasteiger partial charge in [0.15, 0.2) is 11.5 Å². The molecule has 0 saturated carbocycles. The summed E-state index contributed by atoms with van der Waals surface area (Å²) in [5.74, 6) is -18.5. The van der Waals surface area contributed by atoms with Gasteiger partial charge in [0.05, 0.1) is 24.8 Å². The molecule has 46 nitrogen and oxygen atoms in total. The standard InChI is InChI=1S/C101H140N22O24S/c1-11-13-23-77-93(137)111-68(38-55(3)4)90(134)117-75(88(132)107-48-84(104)127)52-148-53-85(128)109-71(40-58-27-30-62(124)31-28-58)96(140)118(8)57(7)87(131)113-73(45-83(103)126)98(142)122-37-19-26-78(122)94(138)116-74(47-108-101(145)105-36-34-59-29-32-81-82(41-59)147-54-146-81)92(136)114-70(39-56(5)6)99(143)123-50-63(125)44-80(123)95(139)112-69(42-60-46-106-66-22-17-15-20-64(60)66)91(135)110-67(33-35-102)89(133)115-72(97(141)120(10)79(24-14-12-2)100(144)119(77)9)43-61-49-121(51-86(129)130)76-25-18-16-21-65(61)76/h15-18,20-22,25,27-32,41,46,49,55-57,63,67-75,77-80,106,124-125H,11-14,19,23-24,26,33-40,42-45,47-48,50-54,102H2,1-10H3,(H2,103,126)(H2,104,127)(H,107,132)(H,109,128)(H,110,135)(H,111,137)(H,112,139)(H,113,131)(H,114,136)(H,115,133)(H,116,138)(H,117,134)(H,129,130)(H2,105,108,145)/t57-,63+,67-,68-,69-,70-,71-,72-,73-,74-,75-,77-,78-,79-,80-/m0/s1. The lowest BCUT2D eigenvalue weighted by atomic mass is 9.99. The molecule has 0 radical (unpaired) electrons. The van der Waals surface area contributed by atoms with Crippen LogP contribution in [0.4, 0.5) is 4.79 Å². The number of urea groups is 1. The summed E-state index contributed by atoms with van der Waals surface area (Å²) in [5.41, 5.74) is 20.5. The molecule has 4 aliphatic heterocycles. The van der Waals surface area contributed by atoms with E-state index in [0.29, 0.717) is 75.7 Å². The number of likely N-dealkylation sites (N-methyl/N-ethyl adjacent to an activating group) is 3. The Morgan fingerprint density at radius 1 is 0.547 bits per heavy atom. The summed E-state index contributed by atoms with van der Waals surface area (Å²) in [4.78, 5) is 288. The van der Waals surface area contributed by atoms with Gasteiger partial charge in [-0.25, -0.2) is 4.79 Å². The average Bonchev–Trinajstić information content (AvgIpc) is 1.62. The number of unbranched alkanes of at least 4 members (excludes halogenated alkanes) is 2. The Morgan fingerprint density at radius 3 is 1.80 bits per heavy atom. The van der Waals surface area contributed by atoms with E-state index in [0.717, 1.165) is 41.8 Å². The number of carboxylic acid groups (broad SMARTS) is 1. The molecule has 0 aliphatic carbocycles. The van der Waals surface area contributed by atoms with E-state index in [-0.39, 0.29) is 102 Å². The van der Waals surface area contributed by atoms with Gasteiger partial charge in [0, 0.05) is 113 Å². The molecule has 10 rings (SSSR count). The fraction of sp³-hybridized carbons (Fsp3) is 0.535. The number of aromatic amines is 1. The van der Waals surface area contributed by atoms with Crippen molar-refractivity contribution in [2.45, 2.75) is 255 Å². The maximum Gasteiger partial charge on any atom is 0.323 e. The zero-order chi connectivity index (χ0) is 108. The Morgan fingerprint density at radius 2 is 1.12 bits per heavy atom. The third-order valence-electron chi connectivity index (χ3n) is 26.4. The number of nitrogens with two attached hydrogens (primary N) is 3. The quantitative estimate of drug-likeness (QED) is 0.0259. The number of benzene rings is 4. The lowest BCUT2D eigenvalue weighted by molar-refractivity contribution is -0.149. The van der Waals surface area contributed by atoms with Crippen LogP contribution in [0.1, 0.15) is 154 Å². The Bertz CT molecular complexity index is 5780. The number of carbonyl (C=O) groups is 19. The number of aliphatic hydroxyl groups excluding tert-OH is 1. The molecule has 47 heteroatoms. The SMILES string of the molecule is CCCC[C@H]1C(=O)N(C)[C@@H](CCCC)C(=O)N[C@@H](CC(C)C)C(=O)N[C@H](C(=O)NCC(N)=O)CSCC(=O)N[C@@H](Cc2ccc(O)cc2)C(=O)N(C)[C@@H](C)C(=O)N[C@@H](CC(N)=O)C(=O)N2CCC[C@H]2C(=O)N[C@@H](CNC(=O)NCCc2ccc3c(c2)OCO3)C(=O)N[C@@H](CC(C)C)C(=O)N2C[C@H](O)C[C@H]2C(=O)N[C@@H](Cc2c[nH]c3ccccc23)C(=O)N[C@@H](CCN)C(=O)N[C@@H](Cc2cn(CC(=O)O)c3ccccc23)C(=O)N1C. The number of phenolic OH excluding ortho intramolecular Hbond substituents is 1. The van der Waals surface area contributed by atoms with E-state index in [9.17, 15) is 58.5 Å². The Balaban J connectivity index is 1.04. The van der Waals surface area contributed by atoms with Gasteiger partial charge in [-0.2, -0.15) is 0 Å². The zero-order valence-electron chi connectivity index (χ0n) is 85.0. The van der Waals surface area contributed by atoms with Gasteiger partial charge in [0.25, 0.3) is 0 Å². The van der Waals surface area contributed by atoms with Crippen LogP contribution in [0.2, 0.25) is 0 Å². The molecule has 6 aromatic rings. The molecular weight excluding hydrogens is 1940 g/mol. The van der Waals surface area contributed by atoms with Crippen LogP contribution in [0.5, 0.6) is 17.2 Å². The number of carboxylic acids is 1. The van der Waals surface area contributed by atoms with Crippen LogP contribution in [-0.4, -0.2) is 331 Å². The first-order valence-corrected chi connectivity index (χ1v) is 51.1. The lowest BCUT2D eigenvalue weighted by Gasteiger charge is -2.36. The van der Waals surface area contributed by atoms with Crippen LogP contribution >= 0.6 is 11.8 Å². The highest BCUT2D eigenvalue weighted by molar-refractivity contribution is 8.00. The number of rotatable bonds is 30. The molecule has 804 valence electrons. The second kappa shape index (κ2) is 54.7. The van der Waals surface area contributed by atoms with Crippen molar-refractivity contribution < 1.29 is 116 Å². The van der Waals surface area contributed by atoms with Crippen molar-refractivity contribution in [2.24, 2.45) is 29.0 Å². The Labute approximate surface area is 860 Å². The van der Waals surface area contributed by atoms with Crippen molar-refractivity contribution in [1.29, 1.82) is 0 Å². The fourth-order valence-electron chi connectivity index (χ4n) is 18.5. The number of aromatic nitrogens is 2. The first-order chi connectivity index (χ1) is 70.4. The maximum absolute atomic E-state index is 16.1. The number of aromatic hydroxyl groups is 1. The number of hydrogen-bond donors (Lipinski definition) is 19. The van der Waals surface area contributed by atoms with Gasteiger partial charge in [-0.05, 0) is 135 Å². The summed E-state index contributed by atoms with van der Waals surface area (Å²) >= 11 is 0.774.